The molecule has 0 spiro atoms. The van der Waals surface area contributed by atoms with E-state index in [2.05, 4.69) is 13.0 Å². The average Bonchev–Trinajstić information content (AvgIpc) is 2.28. The van der Waals surface area contributed by atoms with Crippen LogP contribution in [-0.4, -0.2) is 11.0 Å². The van der Waals surface area contributed by atoms with E-state index in [0.29, 0.717) is 0 Å². The lowest BCUT2D eigenvalue weighted by atomic mass is 10.2. The van der Waals surface area contributed by atoms with Gasteiger partial charge in [-0.25, -0.2) is 0 Å². The molecule has 1 saturated carbocycles. The maximum absolute atomic E-state index is 3.73. The van der Waals surface area contributed by atoms with E-state index in [1.54, 1.807) is 0 Å². The average molecular weight is 169 g/mol. The lowest BCUT2D eigenvalue weighted by Gasteiger charge is -2.10. The van der Waals surface area contributed by atoms with Gasteiger partial charge in [0.15, 0.2) is 0 Å². The van der Waals surface area contributed by atoms with Crippen LogP contribution in [0.5, 0.6) is 0 Å². The summed E-state index contributed by atoms with van der Waals surface area (Å²) in [7, 11) is 0. The summed E-state index contributed by atoms with van der Waals surface area (Å²) in [6.07, 6.45) is 11.5. The van der Waals surface area contributed by atoms with Crippen molar-refractivity contribution in [2.75, 3.05) is 5.75 Å². The highest BCUT2D eigenvalue weighted by atomic mass is 32.2. The maximum atomic E-state index is 3.73. The first-order valence-corrected chi connectivity index (χ1v) is 5.54. The Morgan fingerprint density at radius 2 is 2.36 bits per heavy atom. The lowest BCUT2D eigenvalue weighted by molar-refractivity contribution is 0.705. The molecule has 1 fully saturated rings. The predicted octanol–water partition coefficient (Wildman–Crippen LogP) is 3.44. The monoisotopic (exact) mass is 169 g/mol. The van der Waals surface area contributed by atoms with Crippen LogP contribution in [0.2, 0.25) is 0 Å². The lowest BCUT2D eigenvalue weighted by Crippen LogP contribution is -2.01. The van der Waals surface area contributed by atoms with E-state index in [1.807, 2.05) is 17.8 Å². The van der Waals surface area contributed by atoms with Crippen LogP contribution >= 0.6 is 11.8 Å². The zero-order valence-corrected chi connectivity index (χ0v) is 7.91. The molecule has 0 aromatic heterocycles. The highest BCUT2D eigenvalue weighted by Crippen LogP contribution is 2.26. The van der Waals surface area contributed by atoms with Gasteiger partial charge in [0.05, 0.1) is 0 Å². The molecule has 0 nitrogen and oxygen atoms in total. The van der Waals surface area contributed by atoms with Crippen molar-refractivity contribution in [3.63, 3.8) is 0 Å². The molecule has 0 N–H and O–H groups in total. The van der Waals surface area contributed by atoms with Gasteiger partial charge >= 0.3 is 0 Å². The van der Waals surface area contributed by atoms with Crippen LogP contribution in [0.1, 0.15) is 32.1 Å². The van der Waals surface area contributed by atoms with E-state index in [0.717, 1.165) is 11.0 Å². The van der Waals surface area contributed by atoms with Gasteiger partial charge in [-0.1, -0.05) is 25.3 Å². The number of hydrogen-bond acceptors (Lipinski definition) is 1. The van der Waals surface area contributed by atoms with Crippen LogP contribution in [0, 0.1) is 6.42 Å². The second-order valence-electron chi connectivity index (χ2n) is 3.03. The number of rotatable bonds is 3. The molecule has 0 amide bonds. The predicted molar refractivity (Wildman–Crippen MR) is 53.8 cm³/mol. The molecule has 1 heteroatoms. The zero-order chi connectivity index (χ0) is 7.94. The standard InChI is InChI=1S/C10H17S/c1-2-9-11-10-7-5-3-4-6-8-10/h2,7,10H,1,3-6,8-9H2. The van der Waals surface area contributed by atoms with E-state index >= 15 is 0 Å². The Balaban J connectivity index is 2.14. The quantitative estimate of drug-likeness (QED) is 0.460. The van der Waals surface area contributed by atoms with Gasteiger partial charge in [0.25, 0.3) is 0 Å². The van der Waals surface area contributed by atoms with Crippen molar-refractivity contribution < 1.29 is 0 Å². The molecule has 63 valence electrons. The number of thioether (sulfide) groups is 1. The Bertz CT molecular complexity index is 101. The zero-order valence-electron chi connectivity index (χ0n) is 7.09. The van der Waals surface area contributed by atoms with Gasteiger partial charge in [0.2, 0.25) is 0 Å². The van der Waals surface area contributed by atoms with E-state index in [1.165, 1.54) is 32.1 Å². The molecular weight excluding hydrogens is 152 g/mol. The molecule has 1 radical (unpaired) electrons. The third-order valence-electron chi connectivity index (χ3n) is 2.05. The summed E-state index contributed by atoms with van der Waals surface area (Å²) < 4.78 is 0. The van der Waals surface area contributed by atoms with Crippen molar-refractivity contribution in [3.8, 4) is 0 Å². The first-order chi connectivity index (χ1) is 5.43. The molecule has 0 aliphatic heterocycles. The summed E-state index contributed by atoms with van der Waals surface area (Å²) in [5, 5.41) is 0.815. The minimum atomic E-state index is 0.815. The summed E-state index contributed by atoms with van der Waals surface area (Å²) in [4.78, 5) is 0. The Hall–Kier alpha value is 0.0900. The van der Waals surface area contributed by atoms with Crippen LogP contribution in [0.25, 0.3) is 0 Å². The van der Waals surface area contributed by atoms with Gasteiger partial charge in [-0.15, -0.1) is 6.58 Å². The Morgan fingerprint density at radius 3 is 3.18 bits per heavy atom. The van der Waals surface area contributed by atoms with E-state index in [9.17, 15) is 0 Å². The molecule has 11 heavy (non-hydrogen) atoms. The molecule has 0 aromatic rings. The molecule has 1 unspecified atom stereocenters. The van der Waals surface area contributed by atoms with Crippen molar-refractivity contribution in [1.82, 2.24) is 0 Å². The van der Waals surface area contributed by atoms with Gasteiger partial charge in [-0.3, -0.25) is 0 Å². The summed E-state index contributed by atoms with van der Waals surface area (Å²) in [5.41, 5.74) is 0. The second kappa shape index (κ2) is 5.70. The second-order valence-corrected chi connectivity index (χ2v) is 4.31. The smallest absolute Gasteiger partial charge is 0.0113 e. The first kappa shape index (κ1) is 9.18. The van der Waals surface area contributed by atoms with Crippen LogP contribution < -0.4 is 0 Å². The van der Waals surface area contributed by atoms with Gasteiger partial charge in [0, 0.05) is 11.0 Å². The third kappa shape index (κ3) is 3.85. The van der Waals surface area contributed by atoms with Gasteiger partial charge in [-0.2, -0.15) is 11.8 Å². The van der Waals surface area contributed by atoms with Crippen molar-refractivity contribution in [1.29, 1.82) is 0 Å². The molecule has 1 aliphatic rings. The molecule has 1 aliphatic carbocycles. The van der Waals surface area contributed by atoms with Crippen molar-refractivity contribution in [2.45, 2.75) is 37.4 Å². The van der Waals surface area contributed by atoms with Crippen LogP contribution in [0.4, 0.5) is 0 Å². The molecule has 1 atom stereocenters. The molecule has 0 heterocycles. The number of hydrogen-bond donors (Lipinski definition) is 0. The molecular formula is C10H17S. The minimum Gasteiger partial charge on any atom is -0.154 e. The van der Waals surface area contributed by atoms with Gasteiger partial charge in [-0.05, 0) is 19.3 Å². The molecule has 0 saturated heterocycles. The van der Waals surface area contributed by atoms with Crippen molar-refractivity contribution in [3.05, 3.63) is 19.1 Å². The topological polar surface area (TPSA) is 0 Å². The largest absolute Gasteiger partial charge is 0.154 e. The summed E-state index contributed by atoms with van der Waals surface area (Å²) in [5.74, 6) is 1.11. The van der Waals surface area contributed by atoms with Crippen molar-refractivity contribution >= 4 is 11.8 Å². The van der Waals surface area contributed by atoms with E-state index in [-0.39, 0.29) is 0 Å². The fraction of sp³-hybridized carbons (Fsp3) is 0.700. The fourth-order valence-corrected chi connectivity index (χ4v) is 2.42. The highest BCUT2D eigenvalue weighted by Gasteiger charge is 2.11. The van der Waals surface area contributed by atoms with Gasteiger partial charge < -0.3 is 0 Å². The summed E-state index contributed by atoms with van der Waals surface area (Å²) in [6, 6.07) is 0. The maximum Gasteiger partial charge on any atom is 0.0113 e. The van der Waals surface area contributed by atoms with Crippen molar-refractivity contribution in [2.24, 2.45) is 0 Å². The van der Waals surface area contributed by atoms with E-state index in [4.69, 9.17) is 0 Å². The fourth-order valence-electron chi connectivity index (χ4n) is 1.43. The minimum absolute atomic E-state index is 0.815. The van der Waals surface area contributed by atoms with Crippen LogP contribution in [0.3, 0.4) is 0 Å². The van der Waals surface area contributed by atoms with E-state index < -0.39 is 0 Å². The molecule has 0 aromatic carbocycles. The highest BCUT2D eigenvalue weighted by molar-refractivity contribution is 8.00. The first-order valence-electron chi connectivity index (χ1n) is 4.49. The summed E-state index contributed by atoms with van der Waals surface area (Å²) >= 11 is 2.04. The van der Waals surface area contributed by atoms with Gasteiger partial charge in [0.1, 0.15) is 0 Å². The van der Waals surface area contributed by atoms with Crippen LogP contribution in [0.15, 0.2) is 12.7 Å². The SMILES string of the molecule is C=CCSC1[CH]CCCCC1. The Morgan fingerprint density at radius 1 is 1.45 bits per heavy atom. The third-order valence-corrected chi connectivity index (χ3v) is 3.33. The Labute approximate surface area is 74.5 Å². The molecule has 1 rings (SSSR count). The molecule has 0 bridgehead atoms. The van der Waals surface area contributed by atoms with Crippen LogP contribution in [-0.2, 0) is 0 Å². The normalized spacial score (nSPS) is 21.1. The Kier molecular flexibility index (Phi) is 4.76. The summed E-state index contributed by atoms with van der Waals surface area (Å²) in [6.45, 7) is 3.73.